The lowest BCUT2D eigenvalue weighted by Gasteiger charge is -2.35. The Kier molecular flexibility index (Phi) is 8.09. The highest BCUT2D eigenvalue weighted by atomic mass is 32.2. The van der Waals surface area contributed by atoms with E-state index in [2.05, 4.69) is 51.7 Å². The van der Waals surface area contributed by atoms with E-state index in [0.717, 1.165) is 57.0 Å². The zero-order valence-corrected chi connectivity index (χ0v) is 19.6. The fraction of sp³-hybridized carbons (Fsp3) is 0.458. The van der Waals surface area contributed by atoms with Gasteiger partial charge in [0.1, 0.15) is 0 Å². The van der Waals surface area contributed by atoms with Gasteiger partial charge in [-0.2, -0.15) is 0 Å². The van der Waals surface area contributed by atoms with Gasteiger partial charge >= 0.3 is 0 Å². The molecule has 0 bridgehead atoms. The zero-order valence-electron chi connectivity index (χ0n) is 18.8. The van der Waals surface area contributed by atoms with Crippen molar-refractivity contribution in [3.63, 3.8) is 0 Å². The molecule has 0 saturated heterocycles. The second-order valence-corrected chi connectivity index (χ2v) is 10.1. The summed E-state index contributed by atoms with van der Waals surface area (Å²) in [6, 6.07) is 16.3. The minimum atomic E-state index is -3.15. The van der Waals surface area contributed by atoms with E-state index >= 15 is 0 Å². The molecule has 0 amide bonds. The van der Waals surface area contributed by atoms with Gasteiger partial charge in [0.25, 0.3) is 0 Å². The van der Waals surface area contributed by atoms with Gasteiger partial charge in [0.15, 0.2) is 15.8 Å². The first-order chi connectivity index (χ1) is 14.9. The maximum absolute atomic E-state index is 11.6. The molecular formula is C24H34N4O2S. The van der Waals surface area contributed by atoms with E-state index < -0.39 is 9.84 Å². The molecule has 3 rings (SSSR count). The third-order valence-corrected chi connectivity index (χ3v) is 7.06. The molecule has 1 atom stereocenters. The molecule has 1 unspecified atom stereocenters. The lowest BCUT2D eigenvalue weighted by atomic mass is 9.98. The highest BCUT2D eigenvalue weighted by Crippen LogP contribution is 2.21. The molecule has 0 spiro atoms. The largest absolute Gasteiger partial charge is 0.356 e. The Labute approximate surface area is 186 Å². The van der Waals surface area contributed by atoms with Gasteiger partial charge in [-0.25, -0.2) is 8.42 Å². The van der Waals surface area contributed by atoms with Gasteiger partial charge in [0, 0.05) is 45.5 Å². The van der Waals surface area contributed by atoms with Gasteiger partial charge in [0.05, 0.1) is 4.90 Å². The summed E-state index contributed by atoms with van der Waals surface area (Å²) in [4.78, 5) is 7.27. The van der Waals surface area contributed by atoms with Crippen molar-refractivity contribution < 1.29 is 8.42 Å². The molecule has 168 valence electrons. The Morgan fingerprint density at radius 2 is 1.81 bits per heavy atom. The topological polar surface area (TPSA) is 73.8 Å². The van der Waals surface area contributed by atoms with Crippen LogP contribution in [0.2, 0.25) is 0 Å². The van der Waals surface area contributed by atoms with Crippen LogP contribution in [0.5, 0.6) is 0 Å². The molecular weight excluding hydrogens is 408 g/mol. The SMILES string of the molecule is CCC(CNC(=NC)NCCc1ccc(S(C)(=O)=O)cc1)N1CCc2ccccc2C1. The van der Waals surface area contributed by atoms with Crippen LogP contribution in [0.25, 0.3) is 0 Å². The number of benzene rings is 2. The molecule has 2 aromatic carbocycles. The average molecular weight is 443 g/mol. The highest BCUT2D eigenvalue weighted by molar-refractivity contribution is 7.90. The van der Waals surface area contributed by atoms with E-state index in [4.69, 9.17) is 0 Å². The molecule has 0 radical (unpaired) electrons. The van der Waals surface area contributed by atoms with Crippen LogP contribution in [-0.2, 0) is 29.2 Å². The first kappa shape index (κ1) is 23.3. The number of aliphatic imine (C=N–C) groups is 1. The number of nitrogens with zero attached hydrogens (tertiary/aromatic N) is 2. The van der Waals surface area contributed by atoms with E-state index in [-0.39, 0.29) is 0 Å². The molecule has 7 heteroatoms. The van der Waals surface area contributed by atoms with Crippen LogP contribution >= 0.6 is 0 Å². The van der Waals surface area contributed by atoms with Crippen LogP contribution in [-0.4, -0.2) is 58.3 Å². The standard InChI is InChI=1S/C24H34N4O2S/c1-4-22(28-16-14-20-7-5-6-8-21(20)18-28)17-27-24(25-2)26-15-13-19-9-11-23(12-10-19)31(3,29)30/h5-12,22H,4,13-18H2,1-3H3,(H2,25,26,27). The van der Waals surface area contributed by atoms with Crippen molar-refractivity contribution in [2.75, 3.05) is 32.9 Å². The van der Waals surface area contributed by atoms with Gasteiger partial charge in [-0.05, 0) is 48.1 Å². The second kappa shape index (κ2) is 10.8. The number of nitrogens with one attached hydrogen (secondary N) is 2. The van der Waals surface area contributed by atoms with Crippen LogP contribution in [0.4, 0.5) is 0 Å². The summed E-state index contributed by atoms with van der Waals surface area (Å²) < 4.78 is 23.1. The highest BCUT2D eigenvalue weighted by Gasteiger charge is 2.22. The number of guanidine groups is 1. The first-order valence-corrected chi connectivity index (χ1v) is 12.8. The van der Waals surface area contributed by atoms with Crippen LogP contribution in [0.3, 0.4) is 0 Å². The Hall–Kier alpha value is -2.38. The molecule has 0 saturated carbocycles. The van der Waals surface area contributed by atoms with Crippen molar-refractivity contribution in [1.29, 1.82) is 0 Å². The third-order valence-electron chi connectivity index (χ3n) is 5.93. The fourth-order valence-corrected chi connectivity index (χ4v) is 4.65. The lowest BCUT2D eigenvalue weighted by Crippen LogP contribution is -2.48. The van der Waals surface area contributed by atoms with Crippen molar-refractivity contribution in [3.8, 4) is 0 Å². The molecule has 31 heavy (non-hydrogen) atoms. The Balaban J connectivity index is 1.46. The van der Waals surface area contributed by atoms with E-state index in [0.29, 0.717) is 10.9 Å². The molecule has 1 aliphatic heterocycles. The maximum Gasteiger partial charge on any atom is 0.191 e. The van der Waals surface area contributed by atoms with Crippen molar-refractivity contribution >= 4 is 15.8 Å². The maximum atomic E-state index is 11.6. The Morgan fingerprint density at radius 3 is 2.45 bits per heavy atom. The predicted molar refractivity (Wildman–Crippen MR) is 127 cm³/mol. The Morgan fingerprint density at radius 1 is 1.10 bits per heavy atom. The summed E-state index contributed by atoms with van der Waals surface area (Å²) in [7, 11) is -1.36. The van der Waals surface area contributed by atoms with Gasteiger partial charge in [-0.15, -0.1) is 0 Å². The number of hydrogen-bond acceptors (Lipinski definition) is 4. The van der Waals surface area contributed by atoms with Crippen molar-refractivity contribution in [2.45, 2.75) is 43.7 Å². The molecule has 0 aromatic heterocycles. The van der Waals surface area contributed by atoms with Crippen LogP contribution < -0.4 is 10.6 Å². The fourth-order valence-electron chi connectivity index (χ4n) is 4.02. The van der Waals surface area contributed by atoms with Gasteiger partial charge < -0.3 is 10.6 Å². The summed E-state index contributed by atoms with van der Waals surface area (Å²) in [5, 5.41) is 6.84. The van der Waals surface area contributed by atoms with Gasteiger partial charge in [0.2, 0.25) is 0 Å². The van der Waals surface area contributed by atoms with Crippen LogP contribution in [0.15, 0.2) is 58.4 Å². The van der Waals surface area contributed by atoms with Gasteiger partial charge in [-0.1, -0.05) is 43.3 Å². The van der Waals surface area contributed by atoms with E-state index in [1.807, 2.05) is 12.1 Å². The minimum absolute atomic E-state index is 0.354. The van der Waals surface area contributed by atoms with Crippen molar-refractivity contribution in [2.24, 2.45) is 4.99 Å². The molecule has 2 N–H and O–H groups in total. The van der Waals surface area contributed by atoms with E-state index in [1.165, 1.54) is 17.4 Å². The number of rotatable bonds is 8. The number of sulfone groups is 1. The third kappa shape index (κ3) is 6.55. The number of hydrogen-bond donors (Lipinski definition) is 2. The minimum Gasteiger partial charge on any atom is -0.356 e. The van der Waals surface area contributed by atoms with Crippen molar-refractivity contribution in [3.05, 3.63) is 65.2 Å². The predicted octanol–water partition coefficient (Wildman–Crippen LogP) is 2.63. The zero-order chi connectivity index (χ0) is 22.3. The molecule has 1 heterocycles. The molecule has 1 aliphatic rings. The first-order valence-electron chi connectivity index (χ1n) is 10.9. The quantitative estimate of drug-likeness (QED) is 0.486. The summed E-state index contributed by atoms with van der Waals surface area (Å²) in [6.45, 7) is 5.91. The van der Waals surface area contributed by atoms with E-state index in [9.17, 15) is 8.42 Å². The van der Waals surface area contributed by atoms with Crippen molar-refractivity contribution in [1.82, 2.24) is 15.5 Å². The summed E-state index contributed by atoms with van der Waals surface area (Å²) in [5.41, 5.74) is 4.01. The lowest BCUT2D eigenvalue weighted by molar-refractivity contribution is 0.174. The van der Waals surface area contributed by atoms with E-state index in [1.54, 1.807) is 19.2 Å². The summed E-state index contributed by atoms with van der Waals surface area (Å²) >= 11 is 0. The molecule has 0 aliphatic carbocycles. The second-order valence-electron chi connectivity index (χ2n) is 8.10. The molecule has 2 aromatic rings. The van der Waals surface area contributed by atoms with Crippen LogP contribution in [0.1, 0.15) is 30.0 Å². The number of fused-ring (bicyclic) bond motifs is 1. The molecule has 0 fully saturated rings. The van der Waals surface area contributed by atoms with Gasteiger partial charge in [-0.3, -0.25) is 9.89 Å². The summed E-state index contributed by atoms with van der Waals surface area (Å²) in [5.74, 6) is 0.795. The normalized spacial score (nSPS) is 15.9. The summed E-state index contributed by atoms with van der Waals surface area (Å²) in [6.07, 6.45) is 4.22. The Bertz CT molecular complexity index is 987. The monoisotopic (exact) mass is 442 g/mol. The average Bonchev–Trinajstić information content (AvgIpc) is 2.78. The van der Waals surface area contributed by atoms with Crippen LogP contribution in [0, 0.1) is 0 Å². The molecule has 6 nitrogen and oxygen atoms in total. The smallest absolute Gasteiger partial charge is 0.191 e.